The van der Waals surface area contributed by atoms with Crippen LogP contribution in [0.2, 0.25) is 0 Å². The van der Waals surface area contributed by atoms with E-state index >= 15 is 0 Å². The molecule has 1 aliphatic rings. The van der Waals surface area contributed by atoms with Crippen LogP contribution in [-0.4, -0.2) is 60.8 Å². The van der Waals surface area contributed by atoms with Crippen molar-refractivity contribution in [3.63, 3.8) is 0 Å². The van der Waals surface area contributed by atoms with Crippen LogP contribution in [-0.2, 0) is 9.53 Å². The van der Waals surface area contributed by atoms with Gasteiger partial charge in [0.1, 0.15) is 12.6 Å². The first-order chi connectivity index (χ1) is 9.43. The standard InChI is InChI=1S/C12H20F2N2O4/c1-8-3-2-5-16(10(8)11(17)18)12(19)15-4-6-20-7-9(13)14/h8-10H,2-7H2,1H3,(H,15,19)(H,17,18). The monoisotopic (exact) mass is 294 g/mol. The maximum absolute atomic E-state index is 11.9. The van der Waals surface area contributed by atoms with E-state index in [1.54, 1.807) is 6.92 Å². The van der Waals surface area contributed by atoms with E-state index in [0.717, 1.165) is 12.8 Å². The zero-order chi connectivity index (χ0) is 15.1. The third kappa shape index (κ3) is 4.92. The number of carbonyl (C=O) groups is 2. The first-order valence-electron chi connectivity index (χ1n) is 6.56. The number of carboxylic acid groups (broad SMARTS) is 1. The summed E-state index contributed by atoms with van der Waals surface area (Å²) in [6, 6.07) is -1.34. The third-order valence-electron chi connectivity index (χ3n) is 3.21. The highest BCUT2D eigenvalue weighted by atomic mass is 19.3. The highest BCUT2D eigenvalue weighted by molar-refractivity contribution is 5.83. The smallest absolute Gasteiger partial charge is 0.326 e. The van der Waals surface area contributed by atoms with Crippen LogP contribution in [0.5, 0.6) is 0 Å². The van der Waals surface area contributed by atoms with Gasteiger partial charge in [-0.3, -0.25) is 0 Å². The minimum absolute atomic E-state index is 0.0305. The van der Waals surface area contributed by atoms with Gasteiger partial charge < -0.3 is 20.1 Å². The van der Waals surface area contributed by atoms with Crippen LogP contribution in [0, 0.1) is 5.92 Å². The third-order valence-corrected chi connectivity index (χ3v) is 3.21. The van der Waals surface area contributed by atoms with Gasteiger partial charge in [-0.2, -0.15) is 0 Å². The van der Waals surface area contributed by atoms with E-state index in [1.807, 2.05) is 0 Å². The Morgan fingerprint density at radius 3 is 2.80 bits per heavy atom. The van der Waals surface area contributed by atoms with Gasteiger partial charge in [0, 0.05) is 13.1 Å². The molecule has 1 saturated heterocycles. The summed E-state index contributed by atoms with van der Waals surface area (Å²) < 4.78 is 28.2. The number of carbonyl (C=O) groups excluding carboxylic acids is 1. The molecular weight excluding hydrogens is 274 g/mol. The molecule has 6 nitrogen and oxygen atoms in total. The van der Waals surface area contributed by atoms with Crippen molar-refractivity contribution < 1.29 is 28.2 Å². The molecule has 1 heterocycles. The fraction of sp³-hybridized carbons (Fsp3) is 0.833. The number of amides is 2. The Kier molecular flexibility index (Phi) is 6.63. The second-order valence-corrected chi connectivity index (χ2v) is 4.79. The maximum atomic E-state index is 11.9. The van der Waals surface area contributed by atoms with Crippen molar-refractivity contribution in [2.24, 2.45) is 5.92 Å². The average Bonchev–Trinajstić information content (AvgIpc) is 2.36. The number of likely N-dealkylation sites (tertiary alicyclic amines) is 1. The lowest BCUT2D eigenvalue weighted by molar-refractivity contribution is -0.145. The molecule has 0 aliphatic carbocycles. The van der Waals surface area contributed by atoms with Gasteiger partial charge >= 0.3 is 12.0 Å². The number of nitrogens with one attached hydrogen (secondary N) is 1. The first-order valence-corrected chi connectivity index (χ1v) is 6.56. The Bertz CT molecular complexity index is 341. The molecule has 116 valence electrons. The molecule has 0 saturated carbocycles. The number of urea groups is 1. The number of carboxylic acids is 1. The molecular formula is C12H20F2N2O4. The van der Waals surface area contributed by atoms with Crippen LogP contribution in [0.3, 0.4) is 0 Å². The van der Waals surface area contributed by atoms with E-state index in [9.17, 15) is 18.4 Å². The highest BCUT2D eigenvalue weighted by Gasteiger charge is 2.36. The number of piperidine rings is 1. The molecule has 0 spiro atoms. The maximum Gasteiger partial charge on any atom is 0.326 e. The molecule has 0 radical (unpaired) electrons. The van der Waals surface area contributed by atoms with Gasteiger partial charge in [-0.25, -0.2) is 18.4 Å². The van der Waals surface area contributed by atoms with Crippen molar-refractivity contribution in [1.82, 2.24) is 10.2 Å². The molecule has 0 bridgehead atoms. The van der Waals surface area contributed by atoms with Crippen LogP contribution < -0.4 is 5.32 Å². The lowest BCUT2D eigenvalue weighted by Gasteiger charge is -2.37. The number of hydrogen-bond acceptors (Lipinski definition) is 3. The SMILES string of the molecule is CC1CCCN(C(=O)NCCOCC(F)F)C1C(=O)O. The lowest BCUT2D eigenvalue weighted by Crippen LogP contribution is -2.55. The van der Waals surface area contributed by atoms with E-state index in [0.29, 0.717) is 6.54 Å². The zero-order valence-corrected chi connectivity index (χ0v) is 11.3. The molecule has 2 atom stereocenters. The summed E-state index contributed by atoms with van der Waals surface area (Å²) >= 11 is 0. The normalized spacial score (nSPS) is 22.9. The summed E-state index contributed by atoms with van der Waals surface area (Å²) in [5.41, 5.74) is 0. The summed E-state index contributed by atoms with van der Waals surface area (Å²) in [6.45, 7) is 1.55. The second-order valence-electron chi connectivity index (χ2n) is 4.79. The van der Waals surface area contributed by atoms with Gasteiger partial charge in [-0.1, -0.05) is 6.92 Å². The summed E-state index contributed by atoms with van der Waals surface area (Å²) in [7, 11) is 0. The molecule has 20 heavy (non-hydrogen) atoms. The molecule has 1 fully saturated rings. The molecule has 2 amide bonds. The van der Waals surface area contributed by atoms with Gasteiger partial charge in [0.05, 0.1) is 6.61 Å². The van der Waals surface area contributed by atoms with Gasteiger partial charge in [-0.15, -0.1) is 0 Å². The molecule has 1 aliphatic heterocycles. The average molecular weight is 294 g/mol. The van der Waals surface area contributed by atoms with Gasteiger partial charge in [0.15, 0.2) is 0 Å². The Hall–Kier alpha value is -1.44. The predicted molar refractivity (Wildman–Crippen MR) is 66.7 cm³/mol. The van der Waals surface area contributed by atoms with Gasteiger partial charge in [0.25, 0.3) is 6.43 Å². The van der Waals surface area contributed by atoms with Crippen molar-refractivity contribution >= 4 is 12.0 Å². The first kappa shape index (κ1) is 16.6. The zero-order valence-electron chi connectivity index (χ0n) is 11.3. The minimum atomic E-state index is -2.54. The number of hydrogen-bond donors (Lipinski definition) is 2. The molecule has 0 aromatic rings. The molecule has 0 aromatic carbocycles. The fourth-order valence-electron chi connectivity index (χ4n) is 2.30. The Labute approximate surface area is 116 Å². The second kappa shape index (κ2) is 7.98. The molecule has 2 N–H and O–H groups in total. The Morgan fingerprint density at radius 1 is 1.50 bits per heavy atom. The summed E-state index contributed by atoms with van der Waals surface area (Å²) in [4.78, 5) is 24.4. The van der Waals surface area contributed by atoms with Crippen LogP contribution in [0.15, 0.2) is 0 Å². The van der Waals surface area contributed by atoms with E-state index in [4.69, 9.17) is 5.11 Å². The molecule has 0 aromatic heterocycles. The number of aliphatic carboxylic acids is 1. The van der Waals surface area contributed by atoms with Crippen molar-refractivity contribution in [1.29, 1.82) is 0 Å². The van der Waals surface area contributed by atoms with Crippen LogP contribution in [0.25, 0.3) is 0 Å². The topological polar surface area (TPSA) is 78.9 Å². The van der Waals surface area contributed by atoms with E-state index in [-0.39, 0.29) is 19.1 Å². The van der Waals surface area contributed by atoms with E-state index in [2.05, 4.69) is 10.1 Å². The summed E-state index contributed by atoms with van der Waals surface area (Å²) in [5.74, 6) is -1.14. The highest BCUT2D eigenvalue weighted by Crippen LogP contribution is 2.23. The fourth-order valence-corrected chi connectivity index (χ4v) is 2.30. The summed E-state index contributed by atoms with van der Waals surface area (Å²) in [5, 5.41) is 11.7. The quantitative estimate of drug-likeness (QED) is 0.721. The molecule has 8 heteroatoms. The van der Waals surface area contributed by atoms with Crippen LogP contribution in [0.1, 0.15) is 19.8 Å². The van der Waals surface area contributed by atoms with Crippen molar-refractivity contribution in [3.8, 4) is 0 Å². The summed E-state index contributed by atoms with van der Waals surface area (Å²) in [6.07, 6.45) is -1.02. The number of nitrogens with zero attached hydrogens (tertiary/aromatic N) is 1. The van der Waals surface area contributed by atoms with Crippen LogP contribution in [0.4, 0.5) is 13.6 Å². The van der Waals surface area contributed by atoms with Crippen molar-refractivity contribution in [3.05, 3.63) is 0 Å². The van der Waals surface area contributed by atoms with E-state index < -0.39 is 31.1 Å². The van der Waals surface area contributed by atoms with Crippen LogP contribution >= 0.6 is 0 Å². The Morgan fingerprint density at radius 2 is 2.20 bits per heavy atom. The van der Waals surface area contributed by atoms with Crippen molar-refractivity contribution in [2.45, 2.75) is 32.2 Å². The van der Waals surface area contributed by atoms with Crippen molar-refractivity contribution in [2.75, 3.05) is 26.3 Å². The lowest BCUT2D eigenvalue weighted by atomic mass is 9.91. The largest absolute Gasteiger partial charge is 0.480 e. The predicted octanol–water partition coefficient (Wildman–Crippen LogP) is 1.16. The molecule has 1 rings (SSSR count). The number of rotatable bonds is 6. The number of halogens is 2. The van der Waals surface area contributed by atoms with Gasteiger partial charge in [-0.05, 0) is 18.8 Å². The van der Waals surface area contributed by atoms with E-state index in [1.165, 1.54) is 4.90 Å². The Balaban J connectivity index is 2.38. The number of alkyl halides is 2. The number of ether oxygens (including phenoxy) is 1. The van der Waals surface area contributed by atoms with Gasteiger partial charge in [0.2, 0.25) is 0 Å². The minimum Gasteiger partial charge on any atom is -0.480 e. The molecule has 2 unspecified atom stereocenters.